The lowest BCUT2D eigenvalue weighted by Gasteiger charge is -2.35. The number of unbranched alkanes of at least 4 members (excludes halogenated alkanes) is 2. The lowest BCUT2D eigenvalue weighted by molar-refractivity contribution is -0.143. The Labute approximate surface area is 226 Å². The number of benzene rings is 1. The molecule has 0 bridgehead atoms. The van der Waals surface area contributed by atoms with E-state index in [1.807, 2.05) is 20.8 Å². The zero-order valence-corrected chi connectivity index (χ0v) is 23.7. The van der Waals surface area contributed by atoms with Gasteiger partial charge < -0.3 is 31.1 Å². The van der Waals surface area contributed by atoms with E-state index in [9.17, 15) is 24.3 Å². The minimum Gasteiger partial charge on any atom is -0.508 e. The Morgan fingerprint density at radius 1 is 1.03 bits per heavy atom. The van der Waals surface area contributed by atoms with Crippen molar-refractivity contribution in [1.82, 2.24) is 15.5 Å². The molecule has 0 spiro atoms. The number of amides is 4. The second-order valence-electron chi connectivity index (χ2n) is 10.6. The van der Waals surface area contributed by atoms with Crippen LogP contribution in [-0.2, 0) is 19.1 Å². The summed E-state index contributed by atoms with van der Waals surface area (Å²) in [5.74, 6) is -1.77. The molecular weight excluding hydrogens is 488 g/mol. The third kappa shape index (κ3) is 11.4. The minimum absolute atomic E-state index is 0.0704. The van der Waals surface area contributed by atoms with Gasteiger partial charge in [-0.05, 0) is 53.0 Å². The Morgan fingerprint density at radius 3 is 2.24 bits per heavy atom. The molecule has 3 unspecified atom stereocenters. The molecule has 5 N–H and O–H groups in total. The van der Waals surface area contributed by atoms with Crippen LogP contribution < -0.4 is 16.4 Å². The molecular formula is C28H46N4O6. The Balaban J connectivity index is 3.52. The van der Waals surface area contributed by atoms with Crippen LogP contribution in [0, 0.1) is 0 Å². The van der Waals surface area contributed by atoms with Gasteiger partial charge in [-0.25, -0.2) is 4.79 Å². The summed E-state index contributed by atoms with van der Waals surface area (Å²) in [6.07, 6.45) is 2.82. The Bertz CT molecular complexity index is 930. The van der Waals surface area contributed by atoms with Crippen LogP contribution in [0.5, 0.6) is 5.75 Å². The van der Waals surface area contributed by atoms with Crippen molar-refractivity contribution in [2.24, 2.45) is 5.73 Å². The molecule has 1 rings (SSSR count). The number of aromatic hydroxyl groups is 1. The molecule has 1 aromatic rings. The van der Waals surface area contributed by atoms with Gasteiger partial charge >= 0.3 is 6.09 Å². The fourth-order valence-electron chi connectivity index (χ4n) is 4.09. The summed E-state index contributed by atoms with van der Waals surface area (Å²) >= 11 is 0. The molecule has 0 fully saturated rings. The molecule has 0 aromatic heterocycles. The quantitative estimate of drug-likeness (QED) is 0.250. The number of alkyl carbamates (subject to hydrolysis) is 1. The molecule has 0 heterocycles. The average Bonchev–Trinajstić information content (AvgIpc) is 2.80. The van der Waals surface area contributed by atoms with E-state index in [1.165, 1.54) is 11.0 Å². The first-order chi connectivity index (χ1) is 17.8. The van der Waals surface area contributed by atoms with Crippen molar-refractivity contribution in [3.63, 3.8) is 0 Å². The largest absolute Gasteiger partial charge is 0.508 e. The summed E-state index contributed by atoms with van der Waals surface area (Å²) in [4.78, 5) is 53.2. The first-order valence-corrected chi connectivity index (χ1v) is 13.5. The van der Waals surface area contributed by atoms with Crippen LogP contribution >= 0.6 is 0 Å². The van der Waals surface area contributed by atoms with Crippen molar-refractivity contribution >= 4 is 23.8 Å². The number of phenols is 1. The number of rotatable bonds is 15. The summed E-state index contributed by atoms with van der Waals surface area (Å²) in [7, 11) is 0. The number of primary amides is 1. The van der Waals surface area contributed by atoms with Gasteiger partial charge in [0, 0.05) is 24.6 Å². The predicted molar refractivity (Wildman–Crippen MR) is 146 cm³/mol. The first kappa shape index (κ1) is 32.7. The maximum absolute atomic E-state index is 14.0. The van der Waals surface area contributed by atoms with Gasteiger partial charge in [-0.15, -0.1) is 0 Å². The second kappa shape index (κ2) is 15.8. The topological polar surface area (TPSA) is 151 Å². The van der Waals surface area contributed by atoms with E-state index in [4.69, 9.17) is 10.5 Å². The van der Waals surface area contributed by atoms with Crippen molar-refractivity contribution in [3.05, 3.63) is 29.8 Å². The standard InChI is InChI=1S/C28H46N4O6/c1-7-9-12-18-32(26(36)21(16-17-23(29)34)31-27(37)38-28(4,5)6)24(20-14-10-11-15-22(20)33)25(35)30-19(3)13-8-2/h10-11,14-15,19,21,24,33H,7-9,12-13,16-18H2,1-6H3,(H2,29,34)(H,30,35)(H,31,37). The highest BCUT2D eigenvalue weighted by Crippen LogP contribution is 2.30. The van der Waals surface area contributed by atoms with Crippen molar-refractivity contribution in [2.45, 2.75) is 110 Å². The van der Waals surface area contributed by atoms with Gasteiger partial charge in [0.05, 0.1) is 0 Å². The molecule has 4 amide bonds. The van der Waals surface area contributed by atoms with Gasteiger partial charge in [0.25, 0.3) is 0 Å². The van der Waals surface area contributed by atoms with E-state index in [2.05, 4.69) is 10.6 Å². The van der Waals surface area contributed by atoms with Crippen LogP contribution in [0.4, 0.5) is 4.79 Å². The number of carbonyl (C=O) groups excluding carboxylic acids is 4. The van der Waals surface area contributed by atoms with E-state index in [-0.39, 0.29) is 36.7 Å². The molecule has 38 heavy (non-hydrogen) atoms. The first-order valence-electron chi connectivity index (χ1n) is 13.5. The average molecular weight is 535 g/mol. The van der Waals surface area contributed by atoms with Gasteiger partial charge in [0.2, 0.25) is 17.7 Å². The maximum atomic E-state index is 14.0. The SMILES string of the molecule is CCCCCN(C(=O)C(CCC(N)=O)NC(=O)OC(C)(C)C)C(C(=O)NC(C)CCC)c1ccccc1O. The van der Waals surface area contributed by atoms with E-state index < -0.39 is 41.5 Å². The zero-order valence-electron chi connectivity index (χ0n) is 23.7. The van der Waals surface area contributed by atoms with Gasteiger partial charge in [0.15, 0.2) is 0 Å². The summed E-state index contributed by atoms with van der Waals surface area (Å²) < 4.78 is 5.34. The van der Waals surface area contributed by atoms with Crippen LogP contribution in [0.3, 0.4) is 0 Å². The monoisotopic (exact) mass is 534 g/mol. The van der Waals surface area contributed by atoms with Crippen molar-refractivity contribution < 1.29 is 29.0 Å². The number of hydrogen-bond acceptors (Lipinski definition) is 6. The highest BCUT2D eigenvalue weighted by Gasteiger charge is 2.37. The Morgan fingerprint density at radius 2 is 1.68 bits per heavy atom. The fourth-order valence-corrected chi connectivity index (χ4v) is 4.09. The predicted octanol–water partition coefficient (Wildman–Crippen LogP) is 3.92. The molecule has 1 aromatic carbocycles. The summed E-state index contributed by atoms with van der Waals surface area (Å²) in [5.41, 5.74) is 4.80. The molecule has 10 nitrogen and oxygen atoms in total. The number of phenolic OH excluding ortho intramolecular Hbond substituents is 1. The van der Waals surface area contributed by atoms with Gasteiger partial charge in [0.1, 0.15) is 23.4 Å². The molecule has 10 heteroatoms. The van der Waals surface area contributed by atoms with Crippen LogP contribution in [0.15, 0.2) is 24.3 Å². The third-order valence-corrected chi connectivity index (χ3v) is 5.86. The minimum atomic E-state index is -1.17. The van der Waals surface area contributed by atoms with Crippen molar-refractivity contribution in [3.8, 4) is 5.75 Å². The molecule has 0 aliphatic rings. The number of carbonyl (C=O) groups is 4. The van der Waals surface area contributed by atoms with Gasteiger partial charge in [-0.3, -0.25) is 14.4 Å². The van der Waals surface area contributed by atoms with Crippen LogP contribution in [0.1, 0.15) is 98.1 Å². The molecule has 0 saturated heterocycles. The normalized spacial score (nSPS) is 13.6. The molecule has 0 radical (unpaired) electrons. The molecule has 0 aliphatic heterocycles. The highest BCUT2D eigenvalue weighted by atomic mass is 16.6. The summed E-state index contributed by atoms with van der Waals surface area (Å²) in [6.45, 7) is 11.2. The summed E-state index contributed by atoms with van der Waals surface area (Å²) in [5, 5.41) is 16.2. The Hall–Kier alpha value is -3.30. The van der Waals surface area contributed by atoms with E-state index in [0.29, 0.717) is 6.42 Å². The summed E-state index contributed by atoms with van der Waals surface area (Å²) in [6, 6.07) is 3.90. The number of ether oxygens (including phenoxy) is 1. The zero-order chi connectivity index (χ0) is 28.9. The lowest BCUT2D eigenvalue weighted by Crippen LogP contribution is -2.54. The van der Waals surface area contributed by atoms with Crippen LogP contribution in [0.25, 0.3) is 0 Å². The Kier molecular flexibility index (Phi) is 13.6. The fraction of sp³-hybridized carbons (Fsp3) is 0.643. The van der Waals surface area contributed by atoms with Crippen LogP contribution in [-0.4, -0.2) is 58.1 Å². The van der Waals surface area contributed by atoms with Crippen molar-refractivity contribution in [1.29, 1.82) is 0 Å². The number of hydrogen-bond donors (Lipinski definition) is 4. The van der Waals surface area contributed by atoms with Gasteiger partial charge in [-0.1, -0.05) is 51.3 Å². The molecule has 214 valence electrons. The number of para-hydroxylation sites is 1. The maximum Gasteiger partial charge on any atom is 0.408 e. The molecule has 3 atom stereocenters. The van der Waals surface area contributed by atoms with Crippen molar-refractivity contribution in [2.75, 3.05) is 6.54 Å². The lowest BCUT2D eigenvalue weighted by atomic mass is 9.99. The number of nitrogens with two attached hydrogens (primary N) is 1. The number of nitrogens with one attached hydrogen (secondary N) is 2. The van der Waals surface area contributed by atoms with Crippen LogP contribution in [0.2, 0.25) is 0 Å². The van der Waals surface area contributed by atoms with E-state index >= 15 is 0 Å². The second-order valence-corrected chi connectivity index (χ2v) is 10.6. The third-order valence-electron chi connectivity index (χ3n) is 5.86. The van der Waals surface area contributed by atoms with E-state index in [0.717, 1.165) is 25.7 Å². The molecule has 0 saturated carbocycles. The highest BCUT2D eigenvalue weighted by molar-refractivity contribution is 5.93. The molecule has 0 aliphatic carbocycles. The number of nitrogens with zero attached hydrogens (tertiary/aromatic N) is 1. The van der Waals surface area contributed by atoms with Gasteiger partial charge in [-0.2, -0.15) is 0 Å². The van der Waals surface area contributed by atoms with E-state index in [1.54, 1.807) is 39.0 Å². The smallest absolute Gasteiger partial charge is 0.408 e.